The SMILES string of the molecule is CC(C)(C)OC(=O)N1CCC(C(=O)NCCNC(=O)c2ccccc2)CC1. The number of carbonyl (C=O) groups excluding carboxylic acids is 3. The van der Waals surface area contributed by atoms with Crippen molar-refractivity contribution in [2.24, 2.45) is 5.92 Å². The summed E-state index contributed by atoms with van der Waals surface area (Å²) in [6.07, 6.45) is 0.896. The average Bonchev–Trinajstić information content (AvgIpc) is 2.64. The molecule has 0 saturated carbocycles. The Hall–Kier alpha value is -2.57. The molecule has 0 radical (unpaired) electrons. The topological polar surface area (TPSA) is 87.7 Å². The van der Waals surface area contributed by atoms with E-state index in [1.165, 1.54) is 0 Å². The Morgan fingerprint density at radius 2 is 1.63 bits per heavy atom. The smallest absolute Gasteiger partial charge is 0.410 e. The van der Waals surface area contributed by atoms with E-state index >= 15 is 0 Å². The zero-order valence-corrected chi connectivity index (χ0v) is 16.3. The number of nitrogens with zero attached hydrogens (tertiary/aromatic N) is 1. The summed E-state index contributed by atoms with van der Waals surface area (Å²) in [5, 5.41) is 5.63. The normalized spacial score (nSPS) is 15.1. The van der Waals surface area contributed by atoms with Gasteiger partial charge in [0.15, 0.2) is 0 Å². The van der Waals surface area contributed by atoms with Gasteiger partial charge in [0.25, 0.3) is 5.91 Å². The van der Waals surface area contributed by atoms with Crippen LogP contribution in [-0.2, 0) is 9.53 Å². The van der Waals surface area contributed by atoms with Crippen LogP contribution in [-0.4, -0.2) is 54.6 Å². The molecule has 0 bridgehead atoms. The number of hydrogen-bond donors (Lipinski definition) is 2. The summed E-state index contributed by atoms with van der Waals surface area (Å²) in [5.41, 5.74) is 0.0773. The molecule has 3 amide bonds. The van der Waals surface area contributed by atoms with Gasteiger partial charge in [0, 0.05) is 37.7 Å². The van der Waals surface area contributed by atoms with E-state index in [0.717, 1.165) is 0 Å². The quantitative estimate of drug-likeness (QED) is 0.772. The van der Waals surface area contributed by atoms with Gasteiger partial charge in [-0.05, 0) is 45.7 Å². The molecule has 0 aromatic heterocycles. The predicted molar refractivity (Wildman–Crippen MR) is 102 cm³/mol. The highest BCUT2D eigenvalue weighted by atomic mass is 16.6. The van der Waals surface area contributed by atoms with Crippen molar-refractivity contribution < 1.29 is 19.1 Å². The molecule has 0 atom stereocenters. The van der Waals surface area contributed by atoms with Crippen LogP contribution in [0.4, 0.5) is 4.79 Å². The molecule has 148 valence electrons. The van der Waals surface area contributed by atoms with E-state index in [1.807, 2.05) is 26.8 Å². The zero-order valence-electron chi connectivity index (χ0n) is 16.3. The summed E-state index contributed by atoms with van der Waals surface area (Å²) >= 11 is 0. The Morgan fingerprint density at radius 3 is 2.22 bits per heavy atom. The number of ether oxygens (including phenoxy) is 1. The van der Waals surface area contributed by atoms with E-state index in [4.69, 9.17) is 4.74 Å². The van der Waals surface area contributed by atoms with E-state index in [1.54, 1.807) is 29.2 Å². The molecule has 1 fully saturated rings. The summed E-state index contributed by atoms with van der Waals surface area (Å²) in [7, 11) is 0. The number of nitrogens with one attached hydrogen (secondary N) is 2. The lowest BCUT2D eigenvalue weighted by Gasteiger charge is -2.32. The molecule has 0 spiro atoms. The van der Waals surface area contributed by atoms with Crippen molar-refractivity contribution in [3.8, 4) is 0 Å². The van der Waals surface area contributed by atoms with E-state index < -0.39 is 5.60 Å². The first-order valence-corrected chi connectivity index (χ1v) is 9.35. The van der Waals surface area contributed by atoms with Crippen LogP contribution in [0.5, 0.6) is 0 Å². The second kappa shape index (κ2) is 9.39. The minimum Gasteiger partial charge on any atom is -0.444 e. The molecule has 1 aromatic rings. The van der Waals surface area contributed by atoms with Gasteiger partial charge in [0.05, 0.1) is 0 Å². The Labute approximate surface area is 160 Å². The Kier molecular flexibility index (Phi) is 7.21. The maximum atomic E-state index is 12.3. The monoisotopic (exact) mass is 375 g/mol. The minimum absolute atomic E-state index is 0.0344. The lowest BCUT2D eigenvalue weighted by atomic mass is 9.96. The van der Waals surface area contributed by atoms with Gasteiger partial charge in [-0.25, -0.2) is 4.79 Å². The molecular formula is C20H29N3O4. The van der Waals surface area contributed by atoms with Gasteiger partial charge in [-0.3, -0.25) is 9.59 Å². The van der Waals surface area contributed by atoms with Crippen molar-refractivity contribution in [3.05, 3.63) is 35.9 Å². The van der Waals surface area contributed by atoms with Crippen molar-refractivity contribution in [3.63, 3.8) is 0 Å². The van der Waals surface area contributed by atoms with E-state index in [2.05, 4.69) is 10.6 Å². The standard InChI is InChI=1S/C20H29N3O4/c1-20(2,3)27-19(26)23-13-9-16(10-14-23)18(25)22-12-11-21-17(24)15-7-5-4-6-8-15/h4-8,16H,9-14H2,1-3H3,(H,21,24)(H,22,25). The van der Waals surface area contributed by atoms with Crippen molar-refractivity contribution in [1.29, 1.82) is 0 Å². The van der Waals surface area contributed by atoms with Crippen LogP contribution in [0.2, 0.25) is 0 Å². The number of amides is 3. The van der Waals surface area contributed by atoms with Gasteiger partial charge in [0.1, 0.15) is 5.60 Å². The summed E-state index contributed by atoms with van der Waals surface area (Å²) in [6, 6.07) is 8.95. The Morgan fingerprint density at radius 1 is 1.04 bits per heavy atom. The number of carbonyl (C=O) groups is 3. The largest absolute Gasteiger partial charge is 0.444 e. The molecule has 1 aromatic carbocycles. The Bertz CT molecular complexity index is 647. The average molecular weight is 375 g/mol. The third-order valence-electron chi connectivity index (χ3n) is 4.26. The Balaban J connectivity index is 1.65. The third kappa shape index (κ3) is 6.92. The number of hydrogen-bond acceptors (Lipinski definition) is 4. The van der Waals surface area contributed by atoms with Crippen LogP contribution in [0.3, 0.4) is 0 Å². The van der Waals surface area contributed by atoms with Crippen molar-refractivity contribution in [1.82, 2.24) is 15.5 Å². The predicted octanol–water partition coefficient (Wildman–Crippen LogP) is 2.18. The van der Waals surface area contributed by atoms with Gasteiger partial charge in [-0.1, -0.05) is 18.2 Å². The second-order valence-electron chi connectivity index (χ2n) is 7.65. The zero-order chi connectivity index (χ0) is 19.9. The lowest BCUT2D eigenvalue weighted by molar-refractivity contribution is -0.126. The molecule has 0 aliphatic carbocycles. The highest BCUT2D eigenvalue weighted by Crippen LogP contribution is 2.19. The minimum atomic E-state index is -0.518. The fraction of sp³-hybridized carbons (Fsp3) is 0.550. The maximum Gasteiger partial charge on any atom is 0.410 e. The van der Waals surface area contributed by atoms with Gasteiger partial charge in [-0.2, -0.15) is 0 Å². The van der Waals surface area contributed by atoms with Crippen LogP contribution >= 0.6 is 0 Å². The molecule has 1 heterocycles. The van der Waals surface area contributed by atoms with Crippen molar-refractivity contribution >= 4 is 17.9 Å². The van der Waals surface area contributed by atoms with E-state index in [9.17, 15) is 14.4 Å². The maximum absolute atomic E-state index is 12.3. The van der Waals surface area contributed by atoms with Crippen LogP contribution in [0, 0.1) is 5.92 Å². The molecule has 7 heteroatoms. The fourth-order valence-corrected chi connectivity index (χ4v) is 2.85. The molecular weight excluding hydrogens is 346 g/mol. The summed E-state index contributed by atoms with van der Waals surface area (Å²) in [6.45, 7) is 7.28. The summed E-state index contributed by atoms with van der Waals surface area (Å²) < 4.78 is 5.36. The number of rotatable bonds is 5. The molecule has 0 unspecified atom stereocenters. The number of piperidine rings is 1. The third-order valence-corrected chi connectivity index (χ3v) is 4.26. The number of likely N-dealkylation sites (tertiary alicyclic amines) is 1. The first-order valence-electron chi connectivity index (χ1n) is 9.35. The molecule has 7 nitrogen and oxygen atoms in total. The molecule has 1 aliphatic heterocycles. The lowest BCUT2D eigenvalue weighted by Crippen LogP contribution is -2.45. The van der Waals surface area contributed by atoms with Crippen LogP contribution < -0.4 is 10.6 Å². The fourth-order valence-electron chi connectivity index (χ4n) is 2.85. The molecule has 2 N–H and O–H groups in total. The molecule has 1 aliphatic rings. The first-order chi connectivity index (χ1) is 12.8. The van der Waals surface area contributed by atoms with Crippen LogP contribution in [0.15, 0.2) is 30.3 Å². The summed E-state index contributed by atoms with van der Waals surface area (Å²) in [5.74, 6) is -0.308. The van der Waals surface area contributed by atoms with Gasteiger partial charge < -0.3 is 20.3 Å². The molecule has 1 saturated heterocycles. The van der Waals surface area contributed by atoms with Crippen molar-refractivity contribution in [2.75, 3.05) is 26.2 Å². The van der Waals surface area contributed by atoms with Gasteiger partial charge >= 0.3 is 6.09 Å². The van der Waals surface area contributed by atoms with E-state index in [-0.39, 0.29) is 23.8 Å². The van der Waals surface area contributed by atoms with Crippen LogP contribution in [0.25, 0.3) is 0 Å². The summed E-state index contributed by atoms with van der Waals surface area (Å²) in [4.78, 5) is 37.9. The molecule has 2 rings (SSSR count). The second-order valence-corrected chi connectivity index (χ2v) is 7.65. The van der Waals surface area contributed by atoms with Crippen molar-refractivity contribution in [2.45, 2.75) is 39.2 Å². The van der Waals surface area contributed by atoms with Crippen LogP contribution in [0.1, 0.15) is 44.0 Å². The molecule has 27 heavy (non-hydrogen) atoms. The van der Waals surface area contributed by atoms with Gasteiger partial charge in [0.2, 0.25) is 5.91 Å². The van der Waals surface area contributed by atoms with E-state index in [0.29, 0.717) is 44.6 Å². The van der Waals surface area contributed by atoms with Gasteiger partial charge in [-0.15, -0.1) is 0 Å². The number of benzene rings is 1. The first kappa shape index (κ1) is 20.7. The highest BCUT2D eigenvalue weighted by Gasteiger charge is 2.29. The highest BCUT2D eigenvalue weighted by molar-refractivity contribution is 5.94.